The zero-order chi connectivity index (χ0) is 22.4. The summed E-state index contributed by atoms with van der Waals surface area (Å²) in [6, 6.07) is 15.6. The van der Waals surface area contributed by atoms with Crippen molar-refractivity contribution in [2.24, 2.45) is 0 Å². The van der Waals surface area contributed by atoms with Crippen molar-refractivity contribution in [1.29, 1.82) is 0 Å². The average molecular weight is 423 g/mol. The Balaban J connectivity index is 2.01. The first-order chi connectivity index (χ1) is 14.9. The van der Waals surface area contributed by atoms with E-state index in [1.54, 1.807) is 29.2 Å². The average Bonchev–Trinajstić information content (AvgIpc) is 3.03. The number of ether oxygens (including phenoxy) is 1. The molecule has 0 aromatic heterocycles. The van der Waals surface area contributed by atoms with Crippen LogP contribution in [0.3, 0.4) is 0 Å². The number of aliphatic hydroxyl groups is 1. The van der Waals surface area contributed by atoms with E-state index in [1.165, 1.54) is 0 Å². The number of Topliss-reactive ketones (excluding diaryl/α,β-unsaturated/α-hetero) is 1. The smallest absolute Gasteiger partial charge is 0.295 e. The Morgan fingerprint density at radius 2 is 1.74 bits per heavy atom. The Morgan fingerprint density at radius 3 is 2.35 bits per heavy atom. The van der Waals surface area contributed by atoms with E-state index < -0.39 is 17.7 Å². The third kappa shape index (κ3) is 5.14. The van der Waals surface area contributed by atoms with Crippen molar-refractivity contribution in [2.75, 3.05) is 33.8 Å². The summed E-state index contributed by atoms with van der Waals surface area (Å²) >= 11 is 0. The Labute approximate surface area is 183 Å². The van der Waals surface area contributed by atoms with Crippen LogP contribution in [0.15, 0.2) is 60.2 Å². The summed E-state index contributed by atoms with van der Waals surface area (Å²) in [7, 11) is 3.83. The van der Waals surface area contributed by atoms with Crippen LogP contribution in [0.2, 0.25) is 0 Å². The van der Waals surface area contributed by atoms with Gasteiger partial charge in [-0.25, -0.2) is 0 Å². The van der Waals surface area contributed by atoms with Crippen molar-refractivity contribution in [2.45, 2.75) is 25.8 Å². The summed E-state index contributed by atoms with van der Waals surface area (Å²) in [4.78, 5) is 29.3. The lowest BCUT2D eigenvalue weighted by atomic mass is 9.95. The van der Waals surface area contributed by atoms with Crippen LogP contribution in [-0.2, 0) is 9.59 Å². The van der Waals surface area contributed by atoms with Crippen molar-refractivity contribution >= 4 is 17.4 Å². The van der Waals surface area contributed by atoms with Crippen molar-refractivity contribution < 1.29 is 19.4 Å². The minimum Gasteiger partial charge on any atom is -0.507 e. The number of amides is 1. The summed E-state index contributed by atoms with van der Waals surface area (Å²) < 4.78 is 5.74. The molecule has 1 fully saturated rings. The van der Waals surface area contributed by atoms with E-state index in [0.717, 1.165) is 24.2 Å². The normalized spacial score (nSPS) is 18.1. The van der Waals surface area contributed by atoms with Crippen LogP contribution in [0, 0.1) is 0 Å². The van der Waals surface area contributed by atoms with Gasteiger partial charge in [-0.2, -0.15) is 0 Å². The molecule has 1 N–H and O–H groups in total. The molecule has 2 aromatic rings. The third-order valence-corrected chi connectivity index (χ3v) is 5.34. The van der Waals surface area contributed by atoms with Gasteiger partial charge in [-0.1, -0.05) is 55.8 Å². The molecule has 0 bridgehead atoms. The van der Waals surface area contributed by atoms with Crippen molar-refractivity contribution in [3.63, 3.8) is 0 Å². The van der Waals surface area contributed by atoms with Gasteiger partial charge in [0.15, 0.2) is 0 Å². The van der Waals surface area contributed by atoms with Crippen LogP contribution in [0.5, 0.6) is 5.75 Å². The topological polar surface area (TPSA) is 70.1 Å². The molecule has 0 radical (unpaired) electrons. The Kier molecular flexibility index (Phi) is 7.47. The number of carbonyl (C=O) groups excluding carboxylic acids is 2. The van der Waals surface area contributed by atoms with Gasteiger partial charge in [-0.3, -0.25) is 9.59 Å². The van der Waals surface area contributed by atoms with Gasteiger partial charge in [-0.15, -0.1) is 0 Å². The summed E-state index contributed by atoms with van der Waals surface area (Å²) in [5.41, 5.74) is 1.39. The second-order valence-corrected chi connectivity index (χ2v) is 7.93. The van der Waals surface area contributed by atoms with Gasteiger partial charge in [0, 0.05) is 18.7 Å². The first-order valence-corrected chi connectivity index (χ1v) is 10.6. The highest BCUT2D eigenvalue weighted by Crippen LogP contribution is 2.39. The molecule has 1 unspecified atom stereocenters. The zero-order valence-electron chi connectivity index (χ0n) is 18.4. The maximum absolute atomic E-state index is 13.0. The number of hydrogen-bond acceptors (Lipinski definition) is 5. The third-order valence-electron chi connectivity index (χ3n) is 5.34. The van der Waals surface area contributed by atoms with E-state index in [4.69, 9.17) is 4.74 Å². The standard InChI is InChI=1S/C25H30N2O4/c1-4-5-17-31-20-13-11-18(12-14-20)22-21(23(28)19-9-7-6-8-10-19)24(29)25(30)27(22)16-15-26(2)3/h6-14,22,28H,4-5,15-17H2,1-3H3/b23-21+. The number of ketones is 1. The molecule has 0 aliphatic carbocycles. The number of benzene rings is 2. The molecule has 2 aromatic carbocycles. The van der Waals surface area contributed by atoms with E-state index in [9.17, 15) is 14.7 Å². The molecular formula is C25H30N2O4. The second-order valence-electron chi connectivity index (χ2n) is 7.93. The molecule has 1 heterocycles. The molecule has 0 spiro atoms. The molecule has 1 amide bonds. The van der Waals surface area contributed by atoms with Crippen LogP contribution in [0.25, 0.3) is 5.76 Å². The molecule has 31 heavy (non-hydrogen) atoms. The van der Waals surface area contributed by atoms with Crippen molar-refractivity contribution in [1.82, 2.24) is 9.80 Å². The minimum atomic E-state index is -0.659. The maximum atomic E-state index is 13.0. The highest BCUT2D eigenvalue weighted by Gasteiger charge is 2.45. The number of likely N-dealkylation sites (N-methyl/N-ethyl adjacent to an activating group) is 1. The number of aliphatic hydroxyl groups excluding tert-OH is 1. The molecule has 6 heteroatoms. The van der Waals surface area contributed by atoms with Gasteiger partial charge in [0.2, 0.25) is 0 Å². The molecule has 164 valence electrons. The lowest BCUT2D eigenvalue weighted by Crippen LogP contribution is -2.35. The van der Waals surface area contributed by atoms with Gasteiger partial charge in [0.05, 0.1) is 18.2 Å². The molecule has 3 rings (SSSR count). The molecular weight excluding hydrogens is 392 g/mol. The number of rotatable bonds is 9. The van der Waals surface area contributed by atoms with Crippen LogP contribution in [0.4, 0.5) is 0 Å². The van der Waals surface area contributed by atoms with Crippen molar-refractivity contribution in [3.05, 3.63) is 71.3 Å². The van der Waals surface area contributed by atoms with Crippen LogP contribution >= 0.6 is 0 Å². The fraction of sp³-hybridized carbons (Fsp3) is 0.360. The highest BCUT2D eigenvalue weighted by atomic mass is 16.5. The first-order valence-electron chi connectivity index (χ1n) is 10.6. The minimum absolute atomic E-state index is 0.120. The molecule has 1 saturated heterocycles. The van der Waals surface area contributed by atoms with E-state index in [2.05, 4.69) is 6.92 Å². The summed E-state index contributed by atoms with van der Waals surface area (Å²) in [5, 5.41) is 11.0. The van der Waals surface area contributed by atoms with E-state index >= 15 is 0 Å². The summed E-state index contributed by atoms with van der Waals surface area (Å²) in [6.07, 6.45) is 2.03. The van der Waals surface area contributed by atoms with Gasteiger partial charge < -0.3 is 19.6 Å². The van der Waals surface area contributed by atoms with Crippen LogP contribution in [0.1, 0.15) is 36.9 Å². The molecule has 6 nitrogen and oxygen atoms in total. The molecule has 1 aliphatic rings. The zero-order valence-corrected chi connectivity index (χ0v) is 18.4. The quantitative estimate of drug-likeness (QED) is 0.288. The van der Waals surface area contributed by atoms with Gasteiger partial charge in [0.25, 0.3) is 11.7 Å². The van der Waals surface area contributed by atoms with Crippen molar-refractivity contribution in [3.8, 4) is 5.75 Å². The highest BCUT2D eigenvalue weighted by molar-refractivity contribution is 6.46. The first kappa shape index (κ1) is 22.6. The number of likely N-dealkylation sites (tertiary alicyclic amines) is 1. The number of hydrogen-bond donors (Lipinski definition) is 1. The van der Waals surface area contributed by atoms with Crippen LogP contribution < -0.4 is 4.74 Å². The molecule has 1 atom stereocenters. The number of nitrogens with zero attached hydrogens (tertiary/aromatic N) is 2. The Hall–Kier alpha value is -3.12. The molecule has 1 aliphatic heterocycles. The Morgan fingerprint density at radius 1 is 1.06 bits per heavy atom. The summed E-state index contributed by atoms with van der Waals surface area (Å²) in [5.74, 6) is -0.661. The fourth-order valence-electron chi connectivity index (χ4n) is 3.60. The van der Waals surface area contributed by atoms with Gasteiger partial charge >= 0.3 is 0 Å². The second kappa shape index (κ2) is 10.3. The van der Waals surface area contributed by atoms with Crippen LogP contribution in [-0.4, -0.2) is 60.4 Å². The predicted octanol–water partition coefficient (Wildman–Crippen LogP) is 3.85. The monoisotopic (exact) mass is 422 g/mol. The maximum Gasteiger partial charge on any atom is 0.295 e. The largest absolute Gasteiger partial charge is 0.507 e. The summed E-state index contributed by atoms with van der Waals surface area (Å²) in [6.45, 7) is 3.73. The lowest BCUT2D eigenvalue weighted by molar-refractivity contribution is -0.140. The van der Waals surface area contributed by atoms with Gasteiger partial charge in [-0.05, 0) is 38.2 Å². The number of unbranched alkanes of at least 4 members (excludes halogenated alkanes) is 1. The van der Waals surface area contributed by atoms with E-state index in [1.807, 2.05) is 49.3 Å². The lowest BCUT2D eigenvalue weighted by Gasteiger charge is -2.26. The van der Waals surface area contributed by atoms with Gasteiger partial charge in [0.1, 0.15) is 11.5 Å². The van der Waals surface area contributed by atoms with E-state index in [-0.39, 0.29) is 11.3 Å². The fourth-order valence-corrected chi connectivity index (χ4v) is 3.60. The Bertz CT molecular complexity index is 936. The van der Waals surface area contributed by atoms with E-state index in [0.29, 0.717) is 25.3 Å². The molecule has 0 saturated carbocycles. The number of carbonyl (C=O) groups is 2. The predicted molar refractivity (Wildman–Crippen MR) is 121 cm³/mol. The SMILES string of the molecule is CCCCOc1ccc(C2/C(=C(\O)c3ccccc3)C(=O)C(=O)N2CCN(C)C)cc1.